The topological polar surface area (TPSA) is 64.9 Å². The Labute approximate surface area is 114 Å². The highest BCUT2D eigenvalue weighted by atomic mass is 32.1. The maximum atomic E-state index is 5.66. The van der Waals surface area contributed by atoms with E-state index in [9.17, 15) is 0 Å². The van der Waals surface area contributed by atoms with Gasteiger partial charge in [0.15, 0.2) is 0 Å². The van der Waals surface area contributed by atoms with E-state index in [0.717, 1.165) is 16.1 Å². The molecule has 2 heterocycles. The first kappa shape index (κ1) is 11.9. The fourth-order valence-corrected chi connectivity index (χ4v) is 2.71. The molecule has 0 spiro atoms. The van der Waals surface area contributed by atoms with Gasteiger partial charge in [-0.3, -0.25) is 0 Å². The van der Waals surface area contributed by atoms with Crippen LogP contribution in [0.2, 0.25) is 0 Å². The van der Waals surface area contributed by atoms with Crippen LogP contribution >= 0.6 is 11.3 Å². The molecule has 0 fully saturated rings. The summed E-state index contributed by atoms with van der Waals surface area (Å²) in [6.45, 7) is 4.16. The summed E-state index contributed by atoms with van der Waals surface area (Å²) in [6.07, 6.45) is 0. The lowest BCUT2D eigenvalue weighted by Gasteiger charge is -1.94. The van der Waals surface area contributed by atoms with Crippen LogP contribution in [0.15, 0.2) is 34.9 Å². The third-order valence-corrected chi connectivity index (χ3v) is 4.11. The van der Waals surface area contributed by atoms with Crippen LogP contribution in [0, 0.1) is 13.8 Å². The number of anilines is 1. The normalized spacial score (nSPS) is 10.8. The average molecular weight is 271 g/mol. The highest BCUT2D eigenvalue weighted by molar-refractivity contribution is 7.15. The quantitative estimate of drug-likeness (QED) is 0.722. The SMILES string of the molecule is Cc1cc(-c2nc(-c3ccc(N)cc3)no2)sc1C. The van der Waals surface area contributed by atoms with E-state index in [1.807, 2.05) is 24.3 Å². The zero-order valence-corrected chi connectivity index (χ0v) is 11.5. The standard InChI is InChI=1S/C14H13N3OS/c1-8-7-12(19-9(8)2)14-16-13(17-18-14)10-3-5-11(15)6-4-10/h3-7H,15H2,1-2H3. The zero-order chi connectivity index (χ0) is 13.4. The van der Waals surface area contributed by atoms with Crippen LogP contribution in [0.1, 0.15) is 10.4 Å². The van der Waals surface area contributed by atoms with Crippen LogP contribution in [-0.4, -0.2) is 10.1 Å². The molecular formula is C14H13N3OS. The van der Waals surface area contributed by atoms with Crippen molar-refractivity contribution in [3.63, 3.8) is 0 Å². The Kier molecular flexibility index (Phi) is 2.83. The summed E-state index contributed by atoms with van der Waals surface area (Å²) in [5.74, 6) is 1.15. The predicted octanol–water partition coefficient (Wildman–Crippen LogP) is 3.66. The Bertz CT molecular complexity index is 693. The number of hydrogen-bond acceptors (Lipinski definition) is 5. The van der Waals surface area contributed by atoms with Crippen LogP contribution in [0.25, 0.3) is 22.2 Å². The van der Waals surface area contributed by atoms with Gasteiger partial charge >= 0.3 is 0 Å². The van der Waals surface area contributed by atoms with Crippen LogP contribution < -0.4 is 5.73 Å². The van der Waals surface area contributed by atoms with E-state index in [0.29, 0.717) is 11.7 Å². The average Bonchev–Trinajstić information content (AvgIpc) is 2.99. The second kappa shape index (κ2) is 4.51. The summed E-state index contributed by atoms with van der Waals surface area (Å²) in [5.41, 5.74) is 8.52. The lowest BCUT2D eigenvalue weighted by atomic mass is 10.2. The van der Waals surface area contributed by atoms with Crippen LogP contribution in [0.4, 0.5) is 5.69 Å². The second-order valence-electron chi connectivity index (χ2n) is 4.39. The van der Waals surface area contributed by atoms with Gasteiger partial charge in [-0.15, -0.1) is 11.3 Å². The lowest BCUT2D eigenvalue weighted by Crippen LogP contribution is -1.85. The maximum Gasteiger partial charge on any atom is 0.268 e. The molecule has 0 saturated carbocycles. The molecule has 2 N–H and O–H groups in total. The van der Waals surface area contributed by atoms with Gasteiger partial charge in [0.05, 0.1) is 4.88 Å². The number of aryl methyl sites for hydroxylation is 2. The molecule has 0 aliphatic heterocycles. The molecule has 2 aromatic heterocycles. The third kappa shape index (κ3) is 2.24. The highest BCUT2D eigenvalue weighted by Crippen LogP contribution is 2.30. The molecule has 3 rings (SSSR count). The summed E-state index contributed by atoms with van der Waals surface area (Å²) in [7, 11) is 0. The van der Waals surface area contributed by atoms with Crippen molar-refractivity contribution in [1.29, 1.82) is 0 Å². The Balaban J connectivity index is 1.97. The first-order valence-electron chi connectivity index (χ1n) is 5.90. The van der Waals surface area contributed by atoms with Crippen LogP contribution in [0.5, 0.6) is 0 Å². The van der Waals surface area contributed by atoms with Gasteiger partial charge in [0.2, 0.25) is 5.82 Å². The third-order valence-electron chi connectivity index (χ3n) is 2.97. The van der Waals surface area contributed by atoms with Gasteiger partial charge in [0.1, 0.15) is 0 Å². The monoisotopic (exact) mass is 271 g/mol. The first-order chi connectivity index (χ1) is 9.13. The van der Waals surface area contributed by atoms with E-state index in [2.05, 4.69) is 30.1 Å². The Morgan fingerprint density at radius 2 is 1.89 bits per heavy atom. The van der Waals surface area contributed by atoms with Crippen molar-refractivity contribution in [2.75, 3.05) is 5.73 Å². The molecule has 5 heteroatoms. The van der Waals surface area contributed by atoms with Gasteiger partial charge < -0.3 is 10.3 Å². The molecule has 0 saturated heterocycles. The first-order valence-corrected chi connectivity index (χ1v) is 6.72. The van der Waals surface area contributed by atoms with Crippen molar-refractivity contribution in [3.05, 3.63) is 40.8 Å². The fourth-order valence-electron chi connectivity index (χ4n) is 1.75. The van der Waals surface area contributed by atoms with E-state index < -0.39 is 0 Å². The number of thiophene rings is 1. The number of benzene rings is 1. The number of nitrogens with zero attached hydrogens (tertiary/aromatic N) is 2. The van der Waals surface area contributed by atoms with Crippen molar-refractivity contribution in [3.8, 4) is 22.2 Å². The minimum Gasteiger partial charge on any atom is -0.399 e. The van der Waals surface area contributed by atoms with Gasteiger partial charge in [-0.25, -0.2) is 0 Å². The van der Waals surface area contributed by atoms with E-state index in [1.54, 1.807) is 11.3 Å². The number of hydrogen-bond donors (Lipinski definition) is 1. The molecule has 1 aromatic carbocycles. The molecule has 0 atom stereocenters. The van der Waals surface area contributed by atoms with Crippen molar-refractivity contribution in [1.82, 2.24) is 10.1 Å². The Hall–Kier alpha value is -2.14. The summed E-state index contributed by atoms with van der Waals surface area (Å²) in [5, 5.41) is 4.01. The Morgan fingerprint density at radius 1 is 1.16 bits per heavy atom. The van der Waals surface area contributed by atoms with Gasteiger partial charge in [-0.1, -0.05) is 5.16 Å². The van der Waals surface area contributed by atoms with E-state index in [1.165, 1.54) is 10.4 Å². The molecule has 96 valence electrons. The molecular weight excluding hydrogens is 258 g/mol. The second-order valence-corrected chi connectivity index (χ2v) is 5.65. The van der Waals surface area contributed by atoms with Gasteiger partial charge in [-0.05, 0) is 49.7 Å². The van der Waals surface area contributed by atoms with Gasteiger partial charge in [0.25, 0.3) is 5.89 Å². The van der Waals surface area contributed by atoms with Gasteiger partial charge in [-0.2, -0.15) is 4.98 Å². The van der Waals surface area contributed by atoms with E-state index >= 15 is 0 Å². The number of aromatic nitrogens is 2. The summed E-state index contributed by atoms with van der Waals surface area (Å²) in [6, 6.07) is 9.49. The number of nitrogen functional groups attached to an aromatic ring is 1. The molecule has 0 radical (unpaired) electrons. The maximum absolute atomic E-state index is 5.66. The smallest absolute Gasteiger partial charge is 0.268 e. The minimum absolute atomic E-state index is 0.563. The fraction of sp³-hybridized carbons (Fsp3) is 0.143. The van der Waals surface area contributed by atoms with E-state index in [4.69, 9.17) is 10.3 Å². The minimum atomic E-state index is 0.563. The zero-order valence-electron chi connectivity index (χ0n) is 10.7. The summed E-state index contributed by atoms with van der Waals surface area (Å²) < 4.78 is 5.32. The molecule has 19 heavy (non-hydrogen) atoms. The molecule has 0 amide bonds. The molecule has 3 aromatic rings. The van der Waals surface area contributed by atoms with Crippen LogP contribution in [-0.2, 0) is 0 Å². The van der Waals surface area contributed by atoms with Gasteiger partial charge in [0, 0.05) is 16.1 Å². The van der Waals surface area contributed by atoms with Crippen molar-refractivity contribution < 1.29 is 4.52 Å². The summed E-state index contributed by atoms with van der Waals surface area (Å²) in [4.78, 5) is 6.70. The van der Waals surface area contributed by atoms with Crippen molar-refractivity contribution in [2.45, 2.75) is 13.8 Å². The van der Waals surface area contributed by atoms with Crippen LogP contribution in [0.3, 0.4) is 0 Å². The lowest BCUT2D eigenvalue weighted by molar-refractivity contribution is 0.433. The number of rotatable bonds is 2. The number of nitrogens with two attached hydrogens (primary N) is 1. The summed E-state index contributed by atoms with van der Waals surface area (Å²) >= 11 is 1.66. The molecule has 0 aliphatic carbocycles. The largest absolute Gasteiger partial charge is 0.399 e. The van der Waals surface area contributed by atoms with Crippen molar-refractivity contribution >= 4 is 17.0 Å². The highest BCUT2D eigenvalue weighted by Gasteiger charge is 2.13. The van der Waals surface area contributed by atoms with Crippen molar-refractivity contribution in [2.24, 2.45) is 0 Å². The molecule has 4 nitrogen and oxygen atoms in total. The molecule has 0 bridgehead atoms. The molecule has 0 aliphatic rings. The molecule has 0 unspecified atom stereocenters. The van der Waals surface area contributed by atoms with E-state index in [-0.39, 0.29) is 0 Å². The predicted molar refractivity (Wildman–Crippen MR) is 76.9 cm³/mol. The Morgan fingerprint density at radius 3 is 2.53 bits per heavy atom.